The minimum Gasteiger partial charge on any atom is -0.361 e. The summed E-state index contributed by atoms with van der Waals surface area (Å²) in [7, 11) is 0. The molecular formula is C93H69ClN20O5S8. The molecule has 2 aliphatic rings. The van der Waals surface area contributed by atoms with Crippen molar-refractivity contribution in [3.63, 3.8) is 0 Å². The Morgan fingerprint density at radius 3 is 1.34 bits per heavy atom. The van der Waals surface area contributed by atoms with Crippen molar-refractivity contribution in [1.29, 1.82) is 21.0 Å². The molecule has 17 rings (SSSR count). The van der Waals surface area contributed by atoms with Crippen LogP contribution in [0.4, 0.5) is 5.69 Å². The molecule has 0 radical (unpaired) electrons. The SMILES string of the molecule is C=C1N=C(c2cccc(CSc3nc(-c4cccs4)c(C#N)c(=O)[nH]3)c2)NO1.CCc1cccc(CSc2nc(-c3cccs3)c(C#N)c(=O)[nH]2)c1.Cc1cccc(CSc2nc(Cl)c(C#N)c(-c3ccccc3)n2)c1.N#Cc1c(-c2cccs2)nc(SCc2cccc(C3=NCN=N3)c2)[nH]c1=O.[C-]#[N+]c1c(-c2ccccc2)nc(SCc2ccc(C)cc2)[nH]c1=O. The molecule has 15 aromatic rings. The van der Waals surface area contributed by atoms with Crippen molar-refractivity contribution in [3.8, 4) is 78.5 Å². The summed E-state index contributed by atoms with van der Waals surface area (Å²) >= 11 is 17.8. The summed E-state index contributed by atoms with van der Waals surface area (Å²) in [6, 6.07) is 78.6. The van der Waals surface area contributed by atoms with Gasteiger partial charge in [0.25, 0.3) is 27.9 Å². The van der Waals surface area contributed by atoms with Crippen molar-refractivity contribution in [1.82, 2.24) is 55.3 Å². The van der Waals surface area contributed by atoms with Crippen LogP contribution in [0.15, 0.2) is 312 Å². The number of nitrogens with one attached hydrogen (secondary N) is 5. The van der Waals surface area contributed by atoms with Crippen molar-refractivity contribution in [3.05, 3.63) is 383 Å². The second-order valence-electron chi connectivity index (χ2n) is 27.0. The van der Waals surface area contributed by atoms with E-state index in [1.807, 2.05) is 199 Å². The van der Waals surface area contributed by atoms with Crippen LogP contribution in [0.5, 0.6) is 0 Å². The molecule has 0 fully saturated rings. The molecule has 10 heterocycles. The summed E-state index contributed by atoms with van der Waals surface area (Å²) in [4.78, 5) is 106. The van der Waals surface area contributed by atoms with Gasteiger partial charge in [-0.05, 0) is 112 Å². The highest BCUT2D eigenvalue weighted by Crippen LogP contribution is 2.35. The third-order valence-electron chi connectivity index (χ3n) is 18.1. The Kier molecular flexibility index (Phi) is 32.2. The van der Waals surface area contributed by atoms with Crippen LogP contribution in [-0.4, -0.2) is 68.2 Å². The quantitative estimate of drug-likeness (QED) is 0.0172. The average Bonchev–Trinajstić information content (AvgIpc) is 1.81. The maximum Gasteiger partial charge on any atom is 0.276 e. The fourth-order valence-electron chi connectivity index (χ4n) is 12.0. The molecule has 2 aliphatic heterocycles. The smallest absolute Gasteiger partial charge is 0.276 e. The van der Waals surface area contributed by atoms with Crippen LogP contribution in [0.1, 0.15) is 84.8 Å². The molecule has 8 aromatic heterocycles. The Morgan fingerprint density at radius 2 is 0.882 bits per heavy atom. The van der Waals surface area contributed by atoms with Gasteiger partial charge in [-0.2, -0.15) is 31.2 Å². The fraction of sp³-hybridized carbons (Fsp3) is 0.108. The molecule has 0 atom stereocenters. The predicted octanol–water partition coefficient (Wildman–Crippen LogP) is 21.3. The highest BCUT2D eigenvalue weighted by Gasteiger charge is 2.22. The zero-order valence-electron chi connectivity index (χ0n) is 67.6. The van der Waals surface area contributed by atoms with Crippen LogP contribution in [0.3, 0.4) is 0 Å². The highest BCUT2D eigenvalue weighted by molar-refractivity contribution is 7.99. The van der Waals surface area contributed by atoms with E-state index in [2.05, 4.69) is 168 Å². The van der Waals surface area contributed by atoms with E-state index in [0.717, 1.165) is 65.7 Å². The van der Waals surface area contributed by atoms with Gasteiger partial charge in [-0.1, -0.05) is 277 Å². The average molecular weight is 1840 g/mol. The first-order valence-corrected chi connectivity index (χ1v) is 46.4. The molecule has 0 aliphatic carbocycles. The lowest BCUT2D eigenvalue weighted by atomic mass is 10.1. The number of aromatic amines is 4. The van der Waals surface area contributed by atoms with Crippen LogP contribution >= 0.6 is 104 Å². The Hall–Kier alpha value is -14.0. The predicted molar refractivity (Wildman–Crippen MR) is 507 cm³/mol. The summed E-state index contributed by atoms with van der Waals surface area (Å²) < 4.78 is 0. The van der Waals surface area contributed by atoms with Crippen LogP contribution in [0.25, 0.3) is 59.1 Å². The first kappa shape index (κ1) is 90.7. The molecule has 5 N–H and O–H groups in total. The number of halogens is 1. The van der Waals surface area contributed by atoms with Gasteiger partial charge in [0.2, 0.25) is 5.88 Å². The number of azo groups is 1. The number of aromatic nitrogens is 10. The van der Waals surface area contributed by atoms with E-state index in [-0.39, 0.29) is 33.1 Å². The van der Waals surface area contributed by atoms with Crippen LogP contribution in [0.2, 0.25) is 5.15 Å². The number of nitrogens with zero attached hydrogens (tertiary/aromatic N) is 15. The van der Waals surface area contributed by atoms with Gasteiger partial charge in [0.1, 0.15) is 63.6 Å². The van der Waals surface area contributed by atoms with Gasteiger partial charge in [0.05, 0.1) is 32.6 Å². The Bertz CT molecular complexity index is 7060. The number of H-pyrrole nitrogens is 4. The fourth-order valence-corrected chi connectivity index (χ4v) is 18.5. The van der Waals surface area contributed by atoms with Crippen molar-refractivity contribution in [2.75, 3.05) is 6.67 Å². The van der Waals surface area contributed by atoms with E-state index in [0.29, 0.717) is 107 Å². The molecule has 25 nitrogen and oxygen atoms in total. The molecule has 0 amide bonds. The van der Waals surface area contributed by atoms with Gasteiger partial charge in [-0.25, -0.2) is 45.2 Å². The maximum atomic E-state index is 12.3. The van der Waals surface area contributed by atoms with Crippen molar-refractivity contribution < 1.29 is 4.84 Å². The molecule has 127 heavy (non-hydrogen) atoms. The standard InChI is InChI=1S/C19H14ClN3S.C19H13N5O2S2.C19H15N3OS.C18H12N6OS2.C18H15N3OS2/c1-13-6-5-7-14(10-13)12-24-19-22-17(15-8-3-2-4-9-15)16(11-21)18(20)23-19;1-11-21-17(24-26-11)13-5-2-4-12(8-13)10-28-19-22-16(15-6-3-7-27-15)14(9-20)18(25)23-19;1-13-8-10-14(11-9-13)12-24-19-21-16(15-6-4-3-5-7-15)17(20-2)18(23)22-19;19-8-13-15(14-5-2-6-26-14)22-18(23-17(13)25)27-9-11-3-1-4-12(7-11)16-20-10-21-24-16;1-2-12-5-3-6-13(9-12)11-24-18-20-16(15-7-4-8-23-15)14(10-19)17(22)21-18/h2-10H,12H2,1H3;2-8H,1,10H2,(H,21,24)(H,22,23,25);3-11H,12H2,1H3,(H,21,22,23);1-7H,9-10H2,(H,22,23,25);3-9H,2,11H2,1H3,(H,20,21,22). The Balaban J connectivity index is 0.000000136. The Morgan fingerprint density at radius 1 is 0.449 bits per heavy atom. The molecule has 0 saturated heterocycles. The lowest BCUT2D eigenvalue weighted by Crippen LogP contribution is -2.17. The minimum atomic E-state index is -0.433. The number of nitriles is 4. The molecule has 626 valence electrons. The van der Waals surface area contributed by atoms with Gasteiger partial charge in [-0.15, -0.1) is 39.1 Å². The van der Waals surface area contributed by atoms with Crippen molar-refractivity contribution >= 4 is 122 Å². The monoisotopic (exact) mass is 1840 g/mol. The van der Waals surface area contributed by atoms with Gasteiger partial charge >= 0.3 is 0 Å². The topological polar surface area (TPSA) is 379 Å². The summed E-state index contributed by atoms with van der Waals surface area (Å²) in [5.41, 5.74) is 16.6. The molecule has 0 saturated carbocycles. The van der Waals surface area contributed by atoms with Crippen molar-refractivity contribution in [2.24, 2.45) is 20.2 Å². The first-order chi connectivity index (χ1) is 61.9. The largest absolute Gasteiger partial charge is 0.361 e. The van der Waals surface area contributed by atoms with E-state index >= 15 is 0 Å². The normalized spacial score (nSPS) is 11.4. The van der Waals surface area contributed by atoms with Crippen LogP contribution < -0.4 is 27.7 Å². The lowest BCUT2D eigenvalue weighted by Gasteiger charge is -2.08. The number of thioether (sulfide) groups is 5. The minimum absolute atomic E-state index is 0.0272. The lowest BCUT2D eigenvalue weighted by molar-refractivity contribution is 0.179. The number of amidine groups is 2. The van der Waals surface area contributed by atoms with Gasteiger partial charge in [0, 0.05) is 45.5 Å². The zero-order chi connectivity index (χ0) is 89.0. The number of hydrogen-bond acceptors (Lipinski definition) is 28. The first-order valence-electron chi connectivity index (χ1n) is 38.4. The Labute approximate surface area is 766 Å². The van der Waals surface area contributed by atoms with E-state index in [4.69, 9.17) is 23.0 Å². The molecule has 7 aromatic carbocycles. The molecule has 0 bridgehead atoms. The number of aliphatic imine (C=N–C) groups is 2. The highest BCUT2D eigenvalue weighted by atomic mass is 35.5. The molecule has 34 heteroatoms. The van der Waals surface area contributed by atoms with Gasteiger partial charge in [-0.3, -0.25) is 19.2 Å². The summed E-state index contributed by atoms with van der Waals surface area (Å²) in [5.74, 6) is 4.90. The van der Waals surface area contributed by atoms with Crippen LogP contribution in [-0.2, 0) is 40.0 Å². The number of hydrogen-bond donors (Lipinski definition) is 5. The van der Waals surface area contributed by atoms with Gasteiger partial charge < -0.3 is 24.8 Å². The third-order valence-corrected chi connectivity index (χ3v) is 25.7. The van der Waals surface area contributed by atoms with E-state index in [1.165, 1.54) is 121 Å². The molecule has 0 unspecified atom stereocenters. The van der Waals surface area contributed by atoms with Crippen molar-refractivity contribution in [2.45, 2.75) is 81.7 Å². The second kappa shape index (κ2) is 45.1. The maximum absolute atomic E-state index is 12.3. The number of hydroxylamine groups is 1. The third kappa shape index (κ3) is 24.8. The van der Waals surface area contributed by atoms with E-state index in [1.54, 1.807) is 0 Å². The van der Waals surface area contributed by atoms with Gasteiger partial charge in [0.15, 0.2) is 49.3 Å². The number of benzene rings is 7. The van der Waals surface area contributed by atoms with E-state index < -0.39 is 16.7 Å². The number of rotatable bonds is 23. The zero-order valence-corrected chi connectivity index (χ0v) is 74.9. The molecule has 0 spiro atoms. The molecular weight excluding hydrogens is 1770 g/mol. The van der Waals surface area contributed by atoms with E-state index in [9.17, 15) is 40.2 Å². The summed E-state index contributed by atoms with van der Waals surface area (Å²) in [6.07, 6.45) is 0.993. The number of thiophene rings is 3. The number of aryl methyl sites for hydroxylation is 3. The second-order valence-corrected chi connectivity index (χ2v) is 35.0. The summed E-state index contributed by atoms with van der Waals surface area (Å²) in [6.45, 7) is 17.5. The van der Waals surface area contributed by atoms with Crippen LogP contribution in [0, 0.1) is 65.7 Å². The summed E-state index contributed by atoms with van der Waals surface area (Å²) in [5, 5.41) is 53.5.